The van der Waals surface area contributed by atoms with E-state index < -0.39 is 0 Å². The topological polar surface area (TPSA) is 45.1 Å². The fourth-order valence-electron chi connectivity index (χ4n) is 1.12. The fraction of sp³-hybridized carbons (Fsp3) is 0.364. The van der Waals surface area contributed by atoms with Gasteiger partial charge in [-0.2, -0.15) is 0 Å². The van der Waals surface area contributed by atoms with Crippen molar-refractivity contribution >= 4 is 6.08 Å². The van der Waals surface area contributed by atoms with Gasteiger partial charge in [0.2, 0.25) is 0 Å². The van der Waals surface area contributed by atoms with Crippen LogP contribution in [-0.2, 0) is 6.61 Å². The maximum Gasteiger partial charge on any atom is 0.0683 e. The molecule has 0 bridgehead atoms. The van der Waals surface area contributed by atoms with Gasteiger partial charge in [-0.15, -0.1) is 0 Å². The van der Waals surface area contributed by atoms with Gasteiger partial charge in [0.25, 0.3) is 0 Å². The molecule has 1 rings (SSSR count). The van der Waals surface area contributed by atoms with Crippen LogP contribution in [0.1, 0.15) is 17.7 Å². The van der Waals surface area contributed by atoms with E-state index in [1.165, 1.54) is 0 Å². The number of rotatable bonds is 5. The number of hydrogen-bond donors (Lipinski definition) is 2. The molecule has 0 aliphatic rings. The van der Waals surface area contributed by atoms with E-state index in [2.05, 4.69) is 16.4 Å². The number of nitrogens with one attached hydrogen (secondary N) is 1. The van der Waals surface area contributed by atoms with E-state index in [0.717, 1.165) is 24.2 Å². The van der Waals surface area contributed by atoms with Gasteiger partial charge in [-0.1, -0.05) is 6.08 Å². The molecule has 0 saturated carbocycles. The lowest BCUT2D eigenvalue weighted by Gasteiger charge is -1.97. The average molecular weight is 192 g/mol. The van der Waals surface area contributed by atoms with Crippen molar-refractivity contribution in [1.29, 1.82) is 0 Å². The molecule has 0 fully saturated rings. The molecular weight excluding hydrogens is 176 g/mol. The van der Waals surface area contributed by atoms with Crippen molar-refractivity contribution in [2.45, 2.75) is 13.0 Å². The van der Waals surface area contributed by atoms with Crippen LogP contribution in [0, 0.1) is 0 Å². The maximum atomic E-state index is 8.91. The van der Waals surface area contributed by atoms with Gasteiger partial charge in [0.15, 0.2) is 0 Å². The largest absolute Gasteiger partial charge is 0.392 e. The zero-order chi connectivity index (χ0) is 10.2. The van der Waals surface area contributed by atoms with E-state index in [1.54, 1.807) is 6.20 Å². The van der Waals surface area contributed by atoms with Gasteiger partial charge in [0.05, 0.1) is 12.3 Å². The standard InChI is InChI=1S/C11H16N2O/c1-12-6-3-2-4-11-8-10(9-14)5-7-13-11/h2,4-5,7-8,12,14H,3,6,9H2,1H3. The minimum Gasteiger partial charge on any atom is -0.392 e. The number of aliphatic hydroxyl groups is 1. The Morgan fingerprint density at radius 1 is 1.57 bits per heavy atom. The summed E-state index contributed by atoms with van der Waals surface area (Å²) in [6, 6.07) is 3.70. The van der Waals surface area contributed by atoms with E-state index in [0.29, 0.717) is 0 Å². The highest BCUT2D eigenvalue weighted by Crippen LogP contribution is 2.03. The first kappa shape index (κ1) is 10.9. The number of hydrogen-bond acceptors (Lipinski definition) is 3. The van der Waals surface area contributed by atoms with Gasteiger partial charge >= 0.3 is 0 Å². The number of aromatic nitrogens is 1. The molecule has 0 unspecified atom stereocenters. The van der Waals surface area contributed by atoms with Gasteiger partial charge in [0.1, 0.15) is 0 Å². The normalized spacial score (nSPS) is 11.0. The minimum absolute atomic E-state index is 0.0693. The van der Waals surface area contributed by atoms with Crippen LogP contribution < -0.4 is 5.32 Å². The Morgan fingerprint density at radius 3 is 3.14 bits per heavy atom. The summed E-state index contributed by atoms with van der Waals surface area (Å²) in [7, 11) is 1.93. The van der Waals surface area contributed by atoms with Crippen LogP contribution in [0.5, 0.6) is 0 Å². The minimum atomic E-state index is 0.0693. The highest BCUT2D eigenvalue weighted by atomic mass is 16.3. The van der Waals surface area contributed by atoms with E-state index in [1.807, 2.05) is 25.3 Å². The van der Waals surface area contributed by atoms with Gasteiger partial charge in [-0.05, 0) is 43.8 Å². The molecule has 0 aliphatic carbocycles. The van der Waals surface area contributed by atoms with E-state index in [-0.39, 0.29) is 6.61 Å². The molecule has 0 aromatic carbocycles. The fourth-order valence-corrected chi connectivity index (χ4v) is 1.12. The zero-order valence-corrected chi connectivity index (χ0v) is 8.40. The summed E-state index contributed by atoms with van der Waals surface area (Å²) in [5.74, 6) is 0. The third-order valence-electron chi connectivity index (χ3n) is 1.88. The highest BCUT2D eigenvalue weighted by Gasteiger charge is 1.91. The molecule has 0 saturated heterocycles. The Balaban J connectivity index is 2.53. The Bertz CT molecular complexity index is 297. The SMILES string of the molecule is CNCCC=Cc1cc(CO)ccn1. The molecule has 3 heteroatoms. The summed E-state index contributed by atoms with van der Waals surface area (Å²) >= 11 is 0. The summed E-state index contributed by atoms with van der Waals surface area (Å²) in [6.07, 6.45) is 6.74. The molecule has 0 radical (unpaired) electrons. The molecule has 2 N–H and O–H groups in total. The summed E-state index contributed by atoms with van der Waals surface area (Å²) in [5, 5.41) is 12.0. The predicted molar refractivity (Wildman–Crippen MR) is 57.7 cm³/mol. The van der Waals surface area contributed by atoms with Crippen LogP contribution in [0.2, 0.25) is 0 Å². The summed E-state index contributed by atoms with van der Waals surface area (Å²) in [6.45, 7) is 1.04. The maximum absolute atomic E-state index is 8.91. The van der Waals surface area contributed by atoms with Crippen LogP contribution in [0.25, 0.3) is 6.08 Å². The Labute approximate surface area is 84.5 Å². The molecule has 0 aliphatic heterocycles. The molecule has 1 aromatic heterocycles. The Hall–Kier alpha value is -1.19. The monoisotopic (exact) mass is 192 g/mol. The van der Waals surface area contributed by atoms with Crippen LogP contribution >= 0.6 is 0 Å². The van der Waals surface area contributed by atoms with Crippen molar-refractivity contribution in [3.05, 3.63) is 35.7 Å². The number of nitrogens with zero attached hydrogens (tertiary/aromatic N) is 1. The lowest BCUT2D eigenvalue weighted by atomic mass is 10.2. The van der Waals surface area contributed by atoms with E-state index >= 15 is 0 Å². The second-order valence-electron chi connectivity index (χ2n) is 3.04. The molecule has 3 nitrogen and oxygen atoms in total. The lowest BCUT2D eigenvalue weighted by Crippen LogP contribution is -2.05. The summed E-state index contributed by atoms with van der Waals surface area (Å²) < 4.78 is 0. The first-order chi connectivity index (χ1) is 6.86. The van der Waals surface area contributed by atoms with Crippen LogP contribution in [-0.4, -0.2) is 23.7 Å². The van der Waals surface area contributed by atoms with Crippen molar-refractivity contribution in [1.82, 2.24) is 10.3 Å². The zero-order valence-electron chi connectivity index (χ0n) is 8.40. The first-order valence-corrected chi connectivity index (χ1v) is 4.73. The molecular formula is C11H16N2O. The van der Waals surface area contributed by atoms with Crippen LogP contribution in [0.15, 0.2) is 24.4 Å². The number of pyridine rings is 1. The second kappa shape index (κ2) is 6.29. The van der Waals surface area contributed by atoms with Crippen molar-refractivity contribution in [2.75, 3.05) is 13.6 Å². The predicted octanol–water partition coefficient (Wildman–Crippen LogP) is 1.20. The Morgan fingerprint density at radius 2 is 2.43 bits per heavy atom. The number of aliphatic hydroxyl groups excluding tert-OH is 1. The second-order valence-corrected chi connectivity index (χ2v) is 3.04. The average Bonchev–Trinajstić information content (AvgIpc) is 2.25. The van der Waals surface area contributed by atoms with Gasteiger partial charge in [-0.25, -0.2) is 0 Å². The quantitative estimate of drug-likeness (QED) is 0.689. The molecule has 76 valence electrons. The molecule has 14 heavy (non-hydrogen) atoms. The van der Waals surface area contributed by atoms with Crippen molar-refractivity contribution in [3.8, 4) is 0 Å². The van der Waals surface area contributed by atoms with E-state index in [9.17, 15) is 0 Å². The van der Waals surface area contributed by atoms with Crippen molar-refractivity contribution < 1.29 is 5.11 Å². The smallest absolute Gasteiger partial charge is 0.0683 e. The highest BCUT2D eigenvalue weighted by molar-refractivity contribution is 5.45. The molecule has 0 atom stereocenters. The van der Waals surface area contributed by atoms with Gasteiger partial charge < -0.3 is 10.4 Å². The third-order valence-corrected chi connectivity index (χ3v) is 1.88. The van der Waals surface area contributed by atoms with Crippen LogP contribution in [0.3, 0.4) is 0 Å². The lowest BCUT2D eigenvalue weighted by molar-refractivity contribution is 0.281. The molecule has 1 aromatic rings. The van der Waals surface area contributed by atoms with E-state index in [4.69, 9.17) is 5.11 Å². The molecule has 0 amide bonds. The van der Waals surface area contributed by atoms with Gasteiger partial charge in [0, 0.05) is 6.20 Å². The molecule has 1 heterocycles. The summed E-state index contributed by atoms with van der Waals surface area (Å²) in [5.41, 5.74) is 1.79. The van der Waals surface area contributed by atoms with Gasteiger partial charge in [-0.3, -0.25) is 4.98 Å². The molecule has 0 spiro atoms. The first-order valence-electron chi connectivity index (χ1n) is 4.73. The van der Waals surface area contributed by atoms with Crippen molar-refractivity contribution in [2.24, 2.45) is 0 Å². The summed E-state index contributed by atoms with van der Waals surface area (Å²) in [4.78, 5) is 4.17. The Kier molecular flexibility index (Phi) is 4.89. The van der Waals surface area contributed by atoms with Crippen molar-refractivity contribution in [3.63, 3.8) is 0 Å². The van der Waals surface area contributed by atoms with Crippen LogP contribution in [0.4, 0.5) is 0 Å². The third kappa shape index (κ3) is 3.68.